The number of ether oxygens (including phenoxy) is 2. The topological polar surface area (TPSA) is 120 Å². The van der Waals surface area contributed by atoms with Gasteiger partial charge in [0, 0.05) is 52.6 Å². The number of nitrogens with zero attached hydrogens (tertiary/aromatic N) is 2. The van der Waals surface area contributed by atoms with E-state index in [1.165, 1.54) is 13.8 Å². The van der Waals surface area contributed by atoms with Crippen molar-refractivity contribution in [1.29, 1.82) is 0 Å². The number of amides is 2. The third-order valence-corrected chi connectivity index (χ3v) is 7.53. The predicted molar refractivity (Wildman–Crippen MR) is 133 cm³/mol. The Morgan fingerprint density at radius 1 is 0.711 bits per heavy atom. The normalized spacial score (nSPS) is 26.4. The van der Waals surface area contributed by atoms with Gasteiger partial charge in [0.1, 0.15) is 47.3 Å². The minimum Gasteiger partial charge on any atom is -0.464 e. The summed E-state index contributed by atoms with van der Waals surface area (Å²) in [5, 5.41) is 0. The summed E-state index contributed by atoms with van der Waals surface area (Å²) in [7, 11) is 0. The Bertz CT molecular complexity index is 1110. The van der Waals surface area contributed by atoms with Gasteiger partial charge in [0.15, 0.2) is 0 Å². The van der Waals surface area contributed by atoms with Crippen LogP contribution in [0.2, 0.25) is 0 Å². The molecule has 0 N–H and O–H groups in total. The van der Waals surface area contributed by atoms with E-state index in [1.54, 1.807) is 9.80 Å². The molecule has 3 aliphatic heterocycles. The highest BCUT2D eigenvalue weighted by Crippen LogP contribution is 2.38. The molecule has 10 nitrogen and oxygen atoms in total. The van der Waals surface area contributed by atoms with Crippen molar-refractivity contribution in [1.82, 2.24) is 9.80 Å². The number of carbonyl (C=O) groups excluding carboxylic acids is 4. The summed E-state index contributed by atoms with van der Waals surface area (Å²) in [5.74, 6) is 1.85. The van der Waals surface area contributed by atoms with Gasteiger partial charge >= 0.3 is 11.9 Å². The maximum atomic E-state index is 13.0. The van der Waals surface area contributed by atoms with Crippen LogP contribution in [0.25, 0.3) is 0 Å². The van der Waals surface area contributed by atoms with E-state index in [9.17, 15) is 19.2 Å². The van der Waals surface area contributed by atoms with Crippen molar-refractivity contribution in [2.75, 3.05) is 13.1 Å². The molecular weight excluding hydrogens is 492 g/mol. The van der Waals surface area contributed by atoms with E-state index in [-0.39, 0.29) is 23.8 Å². The van der Waals surface area contributed by atoms with Gasteiger partial charge in [0.25, 0.3) is 0 Å². The van der Waals surface area contributed by atoms with Crippen molar-refractivity contribution in [2.45, 2.75) is 89.5 Å². The molecule has 0 radical (unpaired) electrons. The molecule has 10 heteroatoms. The van der Waals surface area contributed by atoms with E-state index >= 15 is 0 Å². The number of furan rings is 2. The Hall–Kier alpha value is -3.56. The first-order valence-corrected chi connectivity index (χ1v) is 13.4. The lowest BCUT2D eigenvalue weighted by molar-refractivity contribution is -0.161. The summed E-state index contributed by atoms with van der Waals surface area (Å²) < 4.78 is 23.6. The van der Waals surface area contributed by atoms with Crippen LogP contribution in [0.3, 0.4) is 0 Å². The monoisotopic (exact) mass is 526 g/mol. The van der Waals surface area contributed by atoms with Gasteiger partial charge in [-0.05, 0) is 49.9 Å². The number of aryl methyl sites for hydroxylation is 2. The molecule has 38 heavy (non-hydrogen) atoms. The molecule has 2 aromatic rings. The highest BCUT2D eigenvalue weighted by Gasteiger charge is 2.42. The molecule has 0 saturated carbocycles. The van der Waals surface area contributed by atoms with Gasteiger partial charge in [-0.15, -0.1) is 0 Å². The number of piperidine rings is 2. The maximum absolute atomic E-state index is 13.0. The van der Waals surface area contributed by atoms with Gasteiger partial charge in [0.05, 0.1) is 0 Å². The van der Waals surface area contributed by atoms with E-state index in [0.29, 0.717) is 76.0 Å². The summed E-state index contributed by atoms with van der Waals surface area (Å²) in [4.78, 5) is 53.2. The molecule has 2 fully saturated rings. The van der Waals surface area contributed by atoms with Crippen LogP contribution in [0.5, 0.6) is 0 Å². The molecule has 0 unspecified atom stereocenters. The number of carbonyl (C=O) groups is 4. The van der Waals surface area contributed by atoms with E-state index in [4.69, 9.17) is 18.3 Å². The van der Waals surface area contributed by atoms with Crippen molar-refractivity contribution in [3.8, 4) is 0 Å². The molecule has 0 spiro atoms. The van der Waals surface area contributed by atoms with Gasteiger partial charge in [0.2, 0.25) is 11.8 Å². The fourth-order valence-corrected chi connectivity index (χ4v) is 5.94. The van der Waals surface area contributed by atoms with Gasteiger partial charge < -0.3 is 28.1 Å². The summed E-state index contributed by atoms with van der Waals surface area (Å²) in [5.41, 5.74) is 0. The fourth-order valence-electron chi connectivity index (χ4n) is 5.94. The third kappa shape index (κ3) is 5.49. The van der Waals surface area contributed by atoms with Crippen molar-refractivity contribution in [3.63, 3.8) is 0 Å². The SMILES string of the molecule is CC(=O)O[C@H]1CCC(=O)N2CCCc3ccc(o3)[C@@H]3[C@@H](OC(C)=O)CCC(=O)N3CCCc3ccc(o3)[C@H]12. The second-order valence-electron chi connectivity index (χ2n) is 10.3. The lowest BCUT2D eigenvalue weighted by Crippen LogP contribution is -2.47. The molecule has 0 aliphatic carbocycles. The minimum absolute atomic E-state index is 0.00168. The molecule has 3 aliphatic rings. The van der Waals surface area contributed by atoms with Crippen LogP contribution in [-0.2, 0) is 41.5 Å². The van der Waals surface area contributed by atoms with Gasteiger partial charge in [-0.3, -0.25) is 19.2 Å². The molecule has 0 aromatic carbocycles. The van der Waals surface area contributed by atoms with Crippen molar-refractivity contribution >= 4 is 23.8 Å². The van der Waals surface area contributed by atoms with Gasteiger partial charge in [-0.25, -0.2) is 0 Å². The molecule has 2 saturated heterocycles. The average molecular weight is 527 g/mol. The Balaban J connectivity index is 1.46. The highest BCUT2D eigenvalue weighted by atomic mass is 16.5. The number of esters is 2. The largest absolute Gasteiger partial charge is 0.464 e. The first-order chi connectivity index (χ1) is 18.3. The molecule has 5 rings (SSSR count). The average Bonchev–Trinajstić information content (AvgIpc) is 3.52. The van der Waals surface area contributed by atoms with Crippen LogP contribution >= 0.6 is 0 Å². The van der Waals surface area contributed by atoms with Crippen LogP contribution in [0, 0.1) is 0 Å². The van der Waals surface area contributed by atoms with Crippen molar-refractivity contribution < 1.29 is 37.5 Å². The summed E-state index contributed by atoms with van der Waals surface area (Å²) >= 11 is 0. The Morgan fingerprint density at radius 2 is 1.13 bits per heavy atom. The number of hydrogen-bond donors (Lipinski definition) is 0. The number of hydrogen-bond acceptors (Lipinski definition) is 8. The van der Waals surface area contributed by atoms with Gasteiger partial charge in [-0.1, -0.05) is 0 Å². The standard InChI is InChI=1S/C28H34N2O8/c1-17(31)35-21-11-13-25(33)29-15-3-5-20-8-10-24(38-20)28-22(36-18(2)32)12-14-26(34)30(28)16-4-6-19-7-9-23(37-19)27(21)29/h7-10,21-22,27-28H,3-6,11-16H2,1-2H3/t21-,22-,27-,28-/m0/s1. The molecule has 4 bridgehead atoms. The fraction of sp³-hybridized carbons (Fsp3) is 0.571. The molecule has 2 aromatic heterocycles. The lowest BCUT2D eigenvalue weighted by Gasteiger charge is -2.39. The van der Waals surface area contributed by atoms with Crippen molar-refractivity contribution in [2.24, 2.45) is 0 Å². The summed E-state index contributed by atoms with van der Waals surface area (Å²) in [6, 6.07) is 6.47. The van der Waals surface area contributed by atoms with Crippen LogP contribution in [0.4, 0.5) is 0 Å². The van der Waals surface area contributed by atoms with E-state index in [2.05, 4.69) is 0 Å². The third-order valence-electron chi connectivity index (χ3n) is 7.53. The Kier molecular flexibility index (Phi) is 7.58. The summed E-state index contributed by atoms with van der Waals surface area (Å²) in [6.45, 7) is 3.63. The van der Waals surface area contributed by atoms with E-state index in [0.717, 1.165) is 11.5 Å². The van der Waals surface area contributed by atoms with Crippen LogP contribution in [0.1, 0.15) is 87.5 Å². The molecule has 204 valence electrons. The van der Waals surface area contributed by atoms with Crippen LogP contribution < -0.4 is 0 Å². The predicted octanol–water partition coefficient (Wildman–Crippen LogP) is 3.64. The number of rotatable bonds is 2. The second-order valence-corrected chi connectivity index (χ2v) is 10.3. The van der Waals surface area contributed by atoms with Gasteiger partial charge in [-0.2, -0.15) is 0 Å². The van der Waals surface area contributed by atoms with E-state index in [1.807, 2.05) is 24.3 Å². The zero-order valence-corrected chi connectivity index (χ0v) is 21.9. The van der Waals surface area contributed by atoms with Crippen LogP contribution in [-0.4, -0.2) is 58.9 Å². The molecule has 4 atom stereocenters. The first-order valence-electron chi connectivity index (χ1n) is 13.4. The smallest absolute Gasteiger partial charge is 0.302 e. The molecule has 5 heterocycles. The minimum atomic E-state index is -0.494. The Morgan fingerprint density at radius 3 is 1.53 bits per heavy atom. The summed E-state index contributed by atoms with van der Waals surface area (Å²) in [6.07, 6.45) is 2.90. The lowest BCUT2D eigenvalue weighted by atomic mass is 9.95. The molecule has 2 amide bonds. The Labute approximate surface area is 221 Å². The quantitative estimate of drug-likeness (QED) is 0.544. The van der Waals surface area contributed by atoms with E-state index < -0.39 is 24.3 Å². The first kappa shape index (κ1) is 26.1. The maximum Gasteiger partial charge on any atom is 0.302 e. The zero-order chi connectivity index (χ0) is 26.8. The molecular formula is C28H34N2O8. The van der Waals surface area contributed by atoms with Crippen molar-refractivity contribution in [3.05, 3.63) is 47.3 Å². The van der Waals surface area contributed by atoms with Crippen LogP contribution in [0.15, 0.2) is 33.1 Å². The zero-order valence-electron chi connectivity index (χ0n) is 21.9. The second kappa shape index (κ2) is 11.0. The number of fused-ring (bicyclic) bond motifs is 8. The highest BCUT2D eigenvalue weighted by molar-refractivity contribution is 5.78.